The van der Waals surface area contributed by atoms with Crippen LogP contribution < -0.4 is 4.90 Å². The molecule has 0 heterocycles. The molecule has 6 nitrogen and oxygen atoms in total. The van der Waals surface area contributed by atoms with E-state index in [1.807, 2.05) is 0 Å². The van der Waals surface area contributed by atoms with Gasteiger partial charge in [-0.05, 0) is 23.8 Å². The minimum Gasteiger partial charge on any atom is -0.465 e. The molecule has 2 aromatic rings. The second kappa shape index (κ2) is 6.71. The van der Waals surface area contributed by atoms with Crippen LogP contribution in [0, 0.1) is 10.1 Å². The molecule has 114 valence electrons. The van der Waals surface area contributed by atoms with Crippen LogP contribution in [0.5, 0.6) is 0 Å². The van der Waals surface area contributed by atoms with E-state index in [9.17, 15) is 14.9 Å². The van der Waals surface area contributed by atoms with Crippen LogP contribution in [0.15, 0.2) is 48.5 Å². The zero-order valence-electron chi connectivity index (χ0n) is 12.4. The predicted molar refractivity (Wildman–Crippen MR) is 83.0 cm³/mol. The van der Waals surface area contributed by atoms with E-state index < -0.39 is 10.9 Å². The number of benzene rings is 2. The lowest BCUT2D eigenvalue weighted by molar-refractivity contribution is -0.384. The number of nitrogens with zero attached hydrogens (tertiary/aromatic N) is 2. The van der Waals surface area contributed by atoms with Crippen molar-refractivity contribution in [2.24, 2.45) is 0 Å². The van der Waals surface area contributed by atoms with E-state index in [0.717, 1.165) is 5.56 Å². The van der Waals surface area contributed by atoms with Gasteiger partial charge in [-0.25, -0.2) is 4.79 Å². The highest BCUT2D eigenvalue weighted by atomic mass is 16.6. The fourth-order valence-corrected chi connectivity index (χ4v) is 2.16. The lowest BCUT2D eigenvalue weighted by Crippen LogP contribution is -2.17. The van der Waals surface area contributed by atoms with Gasteiger partial charge in [-0.15, -0.1) is 0 Å². The number of hydrogen-bond acceptors (Lipinski definition) is 5. The maximum Gasteiger partial charge on any atom is 0.337 e. The van der Waals surface area contributed by atoms with Crippen LogP contribution in [0.25, 0.3) is 0 Å². The standard InChI is InChI=1S/C16H16N2O4/c1-17(14-5-3-4-6-15(14)18(20)21)11-12-7-9-13(10-8-12)16(19)22-2/h3-10H,11H2,1-2H3. The van der Waals surface area contributed by atoms with E-state index in [0.29, 0.717) is 17.8 Å². The molecule has 0 saturated heterocycles. The zero-order valence-corrected chi connectivity index (χ0v) is 12.4. The third-order valence-electron chi connectivity index (χ3n) is 3.28. The topological polar surface area (TPSA) is 72.7 Å². The lowest BCUT2D eigenvalue weighted by Gasteiger charge is -2.19. The average Bonchev–Trinajstić information content (AvgIpc) is 2.54. The van der Waals surface area contributed by atoms with Gasteiger partial charge in [0, 0.05) is 19.7 Å². The van der Waals surface area contributed by atoms with E-state index in [-0.39, 0.29) is 5.69 Å². The lowest BCUT2D eigenvalue weighted by atomic mass is 10.1. The molecule has 2 aromatic carbocycles. The van der Waals surface area contributed by atoms with Crippen molar-refractivity contribution in [3.63, 3.8) is 0 Å². The molecule has 0 amide bonds. The Labute approximate surface area is 128 Å². The molecule has 0 fully saturated rings. The van der Waals surface area contributed by atoms with Crippen LogP contribution in [-0.4, -0.2) is 25.1 Å². The Morgan fingerprint density at radius 3 is 2.41 bits per heavy atom. The molecule has 0 N–H and O–H groups in total. The van der Waals surface area contributed by atoms with Gasteiger partial charge >= 0.3 is 5.97 Å². The van der Waals surface area contributed by atoms with Crippen molar-refractivity contribution >= 4 is 17.3 Å². The van der Waals surface area contributed by atoms with Crippen molar-refractivity contribution in [1.82, 2.24) is 0 Å². The molecule has 2 rings (SSSR count). The number of anilines is 1. The molecule has 0 atom stereocenters. The third kappa shape index (κ3) is 3.41. The normalized spacial score (nSPS) is 10.1. The van der Waals surface area contributed by atoms with Crippen LogP contribution in [0.1, 0.15) is 15.9 Å². The summed E-state index contributed by atoms with van der Waals surface area (Å²) in [5, 5.41) is 11.1. The third-order valence-corrected chi connectivity index (χ3v) is 3.28. The fourth-order valence-electron chi connectivity index (χ4n) is 2.16. The van der Waals surface area contributed by atoms with Crippen LogP contribution in [0.3, 0.4) is 0 Å². The number of nitro groups is 1. The van der Waals surface area contributed by atoms with Gasteiger partial charge in [0.15, 0.2) is 0 Å². The van der Waals surface area contributed by atoms with E-state index in [1.54, 1.807) is 54.4 Å². The van der Waals surface area contributed by atoms with Crippen molar-refractivity contribution in [1.29, 1.82) is 0 Å². The van der Waals surface area contributed by atoms with Gasteiger partial charge in [0.2, 0.25) is 0 Å². The summed E-state index contributed by atoms with van der Waals surface area (Å²) in [7, 11) is 3.12. The Morgan fingerprint density at radius 1 is 1.18 bits per heavy atom. The maximum absolute atomic E-state index is 11.4. The highest BCUT2D eigenvalue weighted by molar-refractivity contribution is 5.89. The van der Waals surface area contributed by atoms with Crippen LogP contribution in [0.4, 0.5) is 11.4 Å². The molecule has 0 saturated carbocycles. The summed E-state index contributed by atoms with van der Waals surface area (Å²) in [5.41, 5.74) is 2.02. The molecule has 0 aliphatic carbocycles. The Hall–Kier alpha value is -2.89. The number of carbonyl (C=O) groups excluding carboxylic acids is 1. The van der Waals surface area contributed by atoms with Crippen molar-refractivity contribution in [3.8, 4) is 0 Å². The number of methoxy groups -OCH3 is 1. The Kier molecular flexibility index (Phi) is 4.73. The summed E-state index contributed by atoms with van der Waals surface area (Å²) >= 11 is 0. The van der Waals surface area contributed by atoms with Gasteiger partial charge in [-0.3, -0.25) is 10.1 Å². The fraction of sp³-hybridized carbons (Fsp3) is 0.188. The SMILES string of the molecule is COC(=O)c1ccc(CN(C)c2ccccc2[N+](=O)[O-])cc1. The summed E-state index contributed by atoms with van der Waals surface area (Å²) < 4.78 is 4.64. The van der Waals surface area contributed by atoms with Crippen LogP contribution >= 0.6 is 0 Å². The molecule has 0 aliphatic rings. The van der Waals surface area contributed by atoms with E-state index in [4.69, 9.17) is 0 Å². The molecule has 0 radical (unpaired) electrons. The van der Waals surface area contributed by atoms with Gasteiger partial charge in [-0.2, -0.15) is 0 Å². The second-order valence-electron chi connectivity index (χ2n) is 4.79. The summed E-state index contributed by atoms with van der Waals surface area (Å²) in [4.78, 5) is 23.8. The van der Waals surface area contributed by atoms with E-state index >= 15 is 0 Å². The Balaban J connectivity index is 2.17. The number of carbonyl (C=O) groups is 1. The first-order valence-electron chi connectivity index (χ1n) is 6.64. The second-order valence-corrected chi connectivity index (χ2v) is 4.79. The van der Waals surface area contributed by atoms with Gasteiger partial charge in [-0.1, -0.05) is 24.3 Å². The molecule has 0 bridgehead atoms. The van der Waals surface area contributed by atoms with E-state index in [1.165, 1.54) is 13.2 Å². The summed E-state index contributed by atoms with van der Waals surface area (Å²) in [6, 6.07) is 13.5. The number of para-hydroxylation sites is 2. The van der Waals surface area contributed by atoms with E-state index in [2.05, 4.69) is 4.74 Å². The molecular formula is C16H16N2O4. The number of ether oxygens (including phenoxy) is 1. The summed E-state index contributed by atoms with van der Waals surface area (Å²) in [6.07, 6.45) is 0. The molecule has 0 spiro atoms. The highest BCUT2D eigenvalue weighted by Crippen LogP contribution is 2.27. The Bertz CT molecular complexity index is 683. The predicted octanol–water partition coefficient (Wildman–Crippen LogP) is 3.02. The minimum absolute atomic E-state index is 0.0659. The first-order chi connectivity index (χ1) is 10.5. The number of hydrogen-bond donors (Lipinski definition) is 0. The summed E-state index contributed by atoms with van der Waals surface area (Å²) in [5.74, 6) is -0.390. The molecule has 6 heteroatoms. The Morgan fingerprint density at radius 2 is 1.82 bits per heavy atom. The smallest absolute Gasteiger partial charge is 0.337 e. The van der Waals surface area contributed by atoms with Gasteiger partial charge in [0.05, 0.1) is 17.6 Å². The minimum atomic E-state index is -0.397. The quantitative estimate of drug-likeness (QED) is 0.482. The molecule has 0 unspecified atom stereocenters. The van der Waals surface area contributed by atoms with Gasteiger partial charge in [0.1, 0.15) is 5.69 Å². The molecule has 0 aromatic heterocycles. The van der Waals surface area contributed by atoms with Crippen molar-refractivity contribution in [3.05, 3.63) is 69.8 Å². The average molecular weight is 300 g/mol. The van der Waals surface area contributed by atoms with Crippen molar-refractivity contribution in [2.45, 2.75) is 6.54 Å². The largest absolute Gasteiger partial charge is 0.465 e. The zero-order chi connectivity index (χ0) is 16.1. The van der Waals surface area contributed by atoms with Crippen LogP contribution in [-0.2, 0) is 11.3 Å². The first kappa shape index (κ1) is 15.5. The molecule has 0 aliphatic heterocycles. The van der Waals surface area contributed by atoms with Crippen molar-refractivity contribution < 1.29 is 14.5 Å². The number of nitro benzene ring substituents is 1. The maximum atomic E-state index is 11.4. The van der Waals surface area contributed by atoms with Gasteiger partial charge in [0.25, 0.3) is 5.69 Å². The van der Waals surface area contributed by atoms with Crippen molar-refractivity contribution in [2.75, 3.05) is 19.1 Å². The van der Waals surface area contributed by atoms with Crippen LogP contribution in [0.2, 0.25) is 0 Å². The number of rotatable bonds is 5. The first-order valence-corrected chi connectivity index (χ1v) is 6.64. The highest BCUT2D eigenvalue weighted by Gasteiger charge is 2.16. The number of esters is 1. The van der Waals surface area contributed by atoms with Gasteiger partial charge < -0.3 is 9.64 Å². The summed E-state index contributed by atoms with van der Waals surface area (Å²) in [6.45, 7) is 0.492. The monoisotopic (exact) mass is 300 g/mol. The molecule has 22 heavy (non-hydrogen) atoms. The molecular weight excluding hydrogens is 284 g/mol.